The van der Waals surface area contributed by atoms with Gasteiger partial charge in [0.25, 0.3) is 0 Å². The van der Waals surface area contributed by atoms with Crippen LogP contribution in [0.1, 0.15) is 36.0 Å². The molecule has 6 aliphatic heterocycles. The van der Waals surface area contributed by atoms with E-state index in [0.717, 1.165) is 66.3 Å². The van der Waals surface area contributed by atoms with Crippen molar-refractivity contribution in [2.45, 2.75) is 203 Å². The highest BCUT2D eigenvalue weighted by molar-refractivity contribution is 5.97. The summed E-state index contributed by atoms with van der Waals surface area (Å²) in [6, 6.07) is 33.8. The molecule has 642 valence electrons. The molecule has 30 atom stereocenters. The molecule has 0 aromatic heterocycles. The van der Waals surface area contributed by atoms with E-state index in [4.69, 9.17) is 56.8 Å². The number of allylic oxidation sites excluding steroid dienone is 3. The Kier molecular flexibility index (Phi) is 33.1. The molecular formula is C81H102O36. The largest absolute Gasteiger partial charge is 0.497 e. The molecule has 0 amide bonds. The van der Waals surface area contributed by atoms with Crippen LogP contribution in [0.15, 0.2) is 127 Å². The van der Waals surface area contributed by atoms with Crippen molar-refractivity contribution in [3.05, 3.63) is 144 Å². The van der Waals surface area contributed by atoms with Gasteiger partial charge < -0.3 is 164 Å². The van der Waals surface area contributed by atoms with Crippen molar-refractivity contribution in [3.63, 3.8) is 0 Å². The Morgan fingerprint density at radius 1 is 0.274 bits per heavy atom. The lowest BCUT2D eigenvalue weighted by atomic mass is 9.92. The van der Waals surface area contributed by atoms with Gasteiger partial charge in [-0.3, -0.25) is 14.4 Å². The number of ketones is 3. The summed E-state index contributed by atoms with van der Waals surface area (Å²) in [5.41, 5.74) is 2.31. The highest BCUT2D eigenvalue weighted by atomic mass is 16.7. The lowest BCUT2D eigenvalue weighted by molar-refractivity contribution is -0.341. The van der Waals surface area contributed by atoms with E-state index in [2.05, 4.69) is 0 Å². The van der Waals surface area contributed by atoms with E-state index in [1.807, 2.05) is 109 Å². The van der Waals surface area contributed by atoms with Gasteiger partial charge in [-0.15, -0.1) is 0 Å². The number of benzene rings is 6. The maximum absolute atomic E-state index is 12.7. The topological polar surface area (TPSA) is 587 Å². The Morgan fingerprint density at radius 3 is 0.726 bits per heavy atom. The SMILES string of the molecule is COc1ccc2cc(/C=C/C(=O)C[C@@H]3OC(CO)[C@@H](O[C@@H]4OC(CO)[C@@H](O)[C@H](O)C4O)[C@H](O)C3O)ccc2c1.COc1ccc2cc(/C=C/C(=O)C[C@@H]3OC(CO)[C@@H](O[C@@H]4OC(CO)[C@@H](O)[C@H](O)C4O)[C@H](O)C3O)ccc2c1.COc1ccc2cc(/C=C/C(=O)C[C@@H]3OC(CO)[C@@H](O[C@@H]4OC(CO)[C@H](O)[C@H](O)C4O)[C@H](O)C3O)ccc2c1. The van der Waals surface area contributed by atoms with E-state index >= 15 is 0 Å². The third-order valence-corrected chi connectivity index (χ3v) is 21.1. The second-order valence-electron chi connectivity index (χ2n) is 29.0. The summed E-state index contributed by atoms with van der Waals surface area (Å²) in [5.74, 6) is 1.01. The van der Waals surface area contributed by atoms with Gasteiger partial charge >= 0.3 is 0 Å². The first-order valence-electron chi connectivity index (χ1n) is 37.6. The minimum atomic E-state index is -1.76. The van der Waals surface area contributed by atoms with Crippen LogP contribution in [0.2, 0.25) is 0 Å². The third kappa shape index (κ3) is 22.2. The molecule has 6 aliphatic rings. The predicted molar refractivity (Wildman–Crippen MR) is 407 cm³/mol. The molecule has 21 N–H and O–H groups in total. The molecule has 0 bridgehead atoms. The number of rotatable bonds is 27. The lowest BCUT2D eigenvalue weighted by Gasteiger charge is -2.46. The number of fused-ring (bicyclic) bond motifs is 3. The summed E-state index contributed by atoms with van der Waals surface area (Å²) >= 11 is 0. The maximum atomic E-state index is 12.7. The smallest absolute Gasteiger partial charge is 0.187 e. The quantitative estimate of drug-likeness (QED) is 0.0216. The van der Waals surface area contributed by atoms with E-state index < -0.39 is 241 Å². The Labute approximate surface area is 669 Å². The van der Waals surface area contributed by atoms with E-state index in [1.165, 1.54) is 18.2 Å². The molecular weight excluding hydrogens is 1550 g/mol. The molecule has 0 radical (unpaired) electrons. The Bertz CT molecular complexity index is 3880. The number of hydrogen-bond acceptors (Lipinski definition) is 36. The molecule has 6 heterocycles. The summed E-state index contributed by atoms with van der Waals surface area (Å²) in [6.45, 7) is -4.08. The molecule has 12 unspecified atom stereocenters. The number of aliphatic hydroxyl groups excluding tert-OH is 21. The fourth-order valence-corrected chi connectivity index (χ4v) is 14.3. The summed E-state index contributed by atoms with van der Waals surface area (Å²) in [4.78, 5) is 38.0. The van der Waals surface area contributed by atoms with Gasteiger partial charge in [0.1, 0.15) is 164 Å². The van der Waals surface area contributed by atoms with Crippen molar-refractivity contribution in [2.24, 2.45) is 0 Å². The molecule has 36 heteroatoms. The zero-order valence-corrected chi connectivity index (χ0v) is 63.6. The van der Waals surface area contributed by atoms with E-state index in [-0.39, 0.29) is 19.3 Å². The van der Waals surface area contributed by atoms with Crippen LogP contribution in [0.3, 0.4) is 0 Å². The van der Waals surface area contributed by atoms with Crippen LogP contribution < -0.4 is 14.2 Å². The Hall–Kier alpha value is -7.47. The van der Waals surface area contributed by atoms with Crippen molar-refractivity contribution < 1.29 is 178 Å². The van der Waals surface area contributed by atoms with Crippen molar-refractivity contribution in [1.82, 2.24) is 0 Å². The lowest BCUT2D eigenvalue weighted by Crippen LogP contribution is -2.64. The first-order chi connectivity index (χ1) is 56.0. The highest BCUT2D eigenvalue weighted by Gasteiger charge is 2.54. The zero-order valence-electron chi connectivity index (χ0n) is 63.6. The predicted octanol–water partition coefficient (Wildman–Crippen LogP) is -4.54. The Morgan fingerprint density at radius 2 is 0.496 bits per heavy atom. The second-order valence-corrected chi connectivity index (χ2v) is 29.0. The summed E-state index contributed by atoms with van der Waals surface area (Å²) in [6.07, 6.45) is -37.2. The molecule has 0 spiro atoms. The number of ether oxygens (including phenoxy) is 12. The minimum absolute atomic E-state index is 0.303. The fourth-order valence-electron chi connectivity index (χ4n) is 14.3. The van der Waals surface area contributed by atoms with Gasteiger partial charge in [-0.2, -0.15) is 0 Å². The van der Waals surface area contributed by atoms with Gasteiger partial charge in [-0.05, 0) is 122 Å². The van der Waals surface area contributed by atoms with E-state index in [1.54, 1.807) is 39.6 Å². The van der Waals surface area contributed by atoms with Crippen LogP contribution in [0.4, 0.5) is 0 Å². The molecule has 117 heavy (non-hydrogen) atoms. The number of methoxy groups -OCH3 is 3. The van der Waals surface area contributed by atoms with Gasteiger partial charge in [0.2, 0.25) is 0 Å². The van der Waals surface area contributed by atoms with Gasteiger partial charge in [0, 0.05) is 19.3 Å². The molecule has 0 saturated carbocycles. The van der Waals surface area contributed by atoms with Crippen LogP contribution in [0.5, 0.6) is 17.2 Å². The molecule has 6 fully saturated rings. The van der Waals surface area contributed by atoms with Crippen LogP contribution in [-0.2, 0) is 57.0 Å². The molecule has 6 aromatic carbocycles. The maximum Gasteiger partial charge on any atom is 0.187 e. The van der Waals surface area contributed by atoms with Gasteiger partial charge in [-0.1, -0.05) is 72.8 Å². The van der Waals surface area contributed by atoms with Crippen LogP contribution in [0, 0.1) is 0 Å². The van der Waals surface area contributed by atoms with Crippen molar-refractivity contribution in [1.29, 1.82) is 0 Å². The number of aliphatic hydroxyl groups is 21. The zero-order chi connectivity index (χ0) is 84.8. The normalized spacial score (nSPS) is 35.4. The van der Waals surface area contributed by atoms with Gasteiger partial charge in [0.05, 0.1) is 79.3 Å². The van der Waals surface area contributed by atoms with Crippen LogP contribution >= 0.6 is 0 Å². The van der Waals surface area contributed by atoms with Crippen molar-refractivity contribution >= 4 is 67.9 Å². The van der Waals surface area contributed by atoms with Crippen LogP contribution in [0.25, 0.3) is 50.5 Å². The minimum Gasteiger partial charge on any atom is -0.497 e. The Balaban J connectivity index is 0.000000185. The molecule has 36 nitrogen and oxygen atoms in total. The molecule has 6 saturated heterocycles. The van der Waals surface area contributed by atoms with E-state index in [0.29, 0.717) is 0 Å². The average Bonchev–Trinajstić information content (AvgIpc) is 0.790. The second kappa shape index (κ2) is 42.2. The van der Waals surface area contributed by atoms with Gasteiger partial charge in [-0.25, -0.2) is 0 Å². The summed E-state index contributed by atoms with van der Waals surface area (Å²) in [7, 11) is 4.77. The summed E-state index contributed by atoms with van der Waals surface area (Å²) < 4.78 is 65.1. The number of hydrogen-bond donors (Lipinski definition) is 21. The number of carbonyl (C=O) groups is 3. The summed E-state index contributed by atoms with van der Waals surface area (Å²) in [5, 5.41) is 218. The fraction of sp³-hybridized carbons (Fsp3) is 0.519. The monoisotopic (exact) mass is 1650 g/mol. The van der Waals surface area contributed by atoms with Crippen LogP contribution in [-0.4, -0.2) is 369 Å². The average molecular weight is 1650 g/mol. The van der Waals surface area contributed by atoms with E-state index in [9.17, 15) is 122 Å². The molecule has 6 aromatic rings. The van der Waals surface area contributed by atoms with Gasteiger partial charge in [0.15, 0.2) is 36.2 Å². The number of carbonyl (C=O) groups excluding carboxylic acids is 3. The first-order valence-corrected chi connectivity index (χ1v) is 37.6. The standard InChI is InChI=1S/3C27H34O12/c3*1-36-17-7-5-14-8-13(2-4-15(14)9-17)3-6-16(30)10-18-21(31)24(34)26(20(12-29)37-18)39-27-25(35)23(33)22(32)19(11-28)38-27/h3*2-9,18-29,31-35H,10-12H2,1H3/b3*6-3+/t2*18-,19?,20?,21?,22+,23-,24+,25?,26+,27-;18-,19?,20?,21?,22-,23-,24+,25?,26+,27-/m000/s1. The molecule has 12 rings (SSSR count). The molecule has 0 aliphatic carbocycles. The highest BCUT2D eigenvalue weighted by Crippen LogP contribution is 2.36. The third-order valence-electron chi connectivity index (χ3n) is 21.1. The van der Waals surface area contributed by atoms with Crippen molar-refractivity contribution in [3.8, 4) is 17.2 Å². The van der Waals surface area contributed by atoms with Crippen molar-refractivity contribution in [2.75, 3.05) is 61.0 Å². The first kappa shape index (κ1) is 91.8.